The summed E-state index contributed by atoms with van der Waals surface area (Å²) in [6.45, 7) is 0.674. The van der Waals surface area contributed by atoms with Crippen molar-refractivity contribution in [3.63, 3.8) is 0 Å². The minimum Gasteiger partial charge on any atom is -0.337 e. The first-order chi connectivity index (χ1) is 11.9. The van der Waals surface area contributed by atoms with Gasteiger partial charge in [0, 0.05) is 17.3 Å². The Kier molecular flexibility index (Phi) is 2.99. The molecular weight excluding hydrogens is 320 g/mol. The van der Waals surface area contributed by atoms with Crippen molar-refractivity contribution >= 4 is 34.3 Å². The highest BCUT2D eigenvalue weighted by Crippen LogP contribution is 2.42. The summed E-state index contributed by atoms with van der Waals surface area (Å²) in [4.78, 5) is 9.84. The van der Waals surface area contributed by atoms with E-state index >= 15 is 0 Å². The lowest BCUT2D eigenvalue weighted by atomic mass is 10.2. The summed E-state index contributed by atoms with van der Waals surface area (Å²) in [6.07, 6.45) is 3.41. The van der Waals surface area contributed by atoms with Gasteiger partial charge in [0.1, 0.15) is 10.5 Å². The topological polar surface area (TPSA) is 68.5 Å². The second-order valence-corrected chi connectivity index (χ2v) is 6.53. The summed E-state index contributed by atoms with van der Waals surface area (Å²) in [5.41, 5.74) is 4.15. The number of anilines is 2. The SMILES string of the molecule is c1ccc2c(c1)nnn2Cc1ccc2c(c1)Nc1nccnc1S2. The highest BCUT2D eigenvalue weighted by atomic mass is 32.2. The molecule has 6 nitrogen and oxygen atoms in total. The van der Waals surface area contributed by atoms with Crippen molar-refractivity contribution in [1.29, 1.82) is 0 Å². The number of rotatable bonds is 2. The van der Waals surface area contributed by atoms with E-state index in [1.807, 2.05) is 28.9 Å². The van der Waals surface area contributed by atoms with Crippen LogP contribution in [0.1, 0.15) is 5.56 Å². The Morgan fingerprint density at radius 3 is 2.96 bits per heavy atom. The van der Waals surface area contributed by atoms with E-state index < -0.39 is 0 Å². The van der Waals surface area contributed by atoms with Crippen molar-refractivity contribution in [3.05, 3.63) is 60.4 Å². The molecule has 2 aromatic heterocycles. The van der Waals surface area contributed by atoms with E-state index in [0.29, 0.717) is 6.54 Å². The normalized spacial score (nSPS) is 12.5. The van der Waals surface area contributed by atoms with Gasteiger partial charge < -0.3 is 5.32 Å². The molecule has 0 bridgehead atoms. The van der Waals surface area contributed by atoms with Crippen molar-refractivity contribution in [2.75, 3.05) is 5.32 Å². The van der Waals surface area contributed by atoms with E-state index in [1.54, 1.807) is 24.2 Å². The molecule has 0 saturated heterocycles. The molecule has 0 amide bonds. The van der Waals surface area contributed by atoms with Gasteiger partial charge in [0.2, 0.25) is 0 Å². The van der Waals surface area contributed by atoms with Crippen molar-refractivity contribution in [3.8, 4) is 0 Å². The lowest BCUT2D eigenvalue weighted by Gasteiger charge is -2.19. The fourth-order valence-electron chi connectivity index (χ4n) is 2.79. The van der Waals surface area contributed by atoms with Crippen LogP contribution in [0.3, 0.4) is 0 Å². The molecule has 0 aliphatic carbocycles. The smallest absolute Gasteiger partial charge is 0.163 e. The van der Waals surface area contributed by atoms with Crippen molar-refractivity contribution in [2.45, 2.75) is 16.5 Å². The van der Waals surface area contributed by atoms with Crippen LogP contribution in [-0.4, -0.2) is 25.0 Å². The summed E-state index contributed by atoms with van der Waals surface area (Å²) >= 11 is 1.63. The van der Waals surface area contributed by atoms with E-state index in [4.69, 9.17) is 0 Å². The van der Waals surface area contributed by atoms with Gasteiger partial charge in [0.15, 0.2) is 5.82 Å². The molecule has 0 atom stereocenters. The number of hydrogen-bond acceptors (Lipinski definition) is 6. The van der Waals surface area contributed by atoms with Crippen LogP contribution >= 0.6 is 11.8 Å². The maximum atomic E-state index is 4.35. The Balaban J connectivity index is 1.49. The van der Waals surface area contributed by atoms with E-state index in [1.165, 1.54) is 0 Å². The second kappa shape index (κ2) is 5.31. The zero-order valence-corrected chi connectivity index (χ0v) is 13.4. The number of nitrogens with zero attached hydrogens (tertiary/aromatic N) is 5. The largest absolute Gasteiger partial charge is 0.337 e. The van der Waals surface area contributed by atoms with Crippen LogP contribution in [0, 0.1) is 0 Å². The first-order valence-electron chi connectivity index (χ1n) is 7.54. The molecule has 5 rings (SSSR count). The van der Waals surface area contributed by atoms with Crippen LogP contribution in [0.2, 0.25) is 0 Å². The van der Waals surface area contributed by atoms with Crippen LogP contribution in [0.5, 0.6) is 0 Å². The average Bonchev–Trinajstić information content (AvgIpc) is 3.03. The van der Waals surface area contributed by atoms with E-state index in [2.05, 4.69) is 43.8 Å². The molecule has 1 aliphatic rings. The van der Waals surface area contributed by atoms with Crippen molar-refractivity contribution in [2.24, 2.45) is 0 Å². The molecule has 0 radical (unpaired) electrons. The quantitative estimate of drug-likeness (QED) is 0.534. The fraction of sp³-hybridized carbons (Fsp3) is 0.0588. The Labute approximate surface area is 141 Å². The third-order valence-corrected chi connectivity index (χ3v) is 4.99. The minimum absolute atomic E-state index is 0.674. The Hall–Kier alpha value is -2.93. The molecule has 24 heavy (non-hydrogen) atoms. The molecule has 0 fully saturated rings. The maximum absolute atomic E-state index is 4.35. The Bertz CT molecular complexity index is 1060. The van der Waals surface area contributed by atoms with Crippen LogP contribution in [0.25, 0.3) is 11.0 Å². The first kappa shape index (κ1) is 13.5. The number of benzene rings is 2. The number of fused-ring (bicyclic) bond motifs is 3. The van der Waals surface area contributed by atoms with Crippen molar-refractivity contribution < 1.29 is 0 Å². The Morgan fingerprint density at radius 1 is 1.04 bits per heavy atom. The maximum Gasteiger partial charge on any atom is 0.163 e. The van der Waals surface area contributed by atoms with E-state index in [0.717, 1.165) is 38.0 Å². The molecule has 4 aromatic rings. The van der Waals surface area contributed by atoms with Gasteiger partial charge in [-0.3, -0.25) is 0 Å². The number of nitrogens with one attached hydrogen (secondary N) is 1. The van der Waals surface area contributed by atoms with Gasteiger partial charge >= 0.3 is 0 Å². The van der Waals surface area contributed by atoms with E-state index in [9.17, 15) is 0 Å². The Morgan fingerprint density at radius 2 is 1.96 bits per heavy atom. The molecule has 2 aromatic carbocycles. The summed E-state index contributed by atoms with van der Waals surface area (Å²) in [6, 6.07) is 14.3. The molecule has 116 valence electrons. The van der Waals surface area contributed by atoms with Gasteiger partial charge in [0.05, 0.1) is 17.7 Å². The first-order valence-corrected chi connectivity index (χ1v) is 8.35. The number of hydrogen-bond donors (Lipinski definition) is 1. The monoisotopic (exact) mass is 332 g/mol. The zero-order chi connectivity index (χ0) is 15.9. The minimum atomic E-state index is 0.674. The highest BCUT2D eigenvalue weighted by Gasteiger charge is 2.18. The third-order valence-electron chi connectivity index (χ3n) is 3.92. The summed E-state index contributed by atoms with van der Waals surface area (Å²) in [7, 11) is 0. The highest BCUT2D eigenvalue weighted by molar-refractivity contribution is 7.99. The summed E-state index contributed by atoms with van der Waals surface area (Å²) in [5, 5.41) is 12.7. The van der Waals surface area contributed by atoms with Gasteiger partial charge in [-0.25, -0.2) is 14.6 Å². The summed E-state index contributed by atoms with van der Waals surface area (Å²) < 4.78 is 1.92. The van der Waals surface area contributed by atoms with Gasteiger partial charge in [-0.15, -0.1) is 5.10 Å². The fourth-order valence-corrected chi connectivity index (χ4v) is 3.66. The van der Waals surface area contributed by atoms with Crippen LogP contribution < -0.4 is 5.32 Å². The standard InChI is InChI=1S/C17H12N6S/c1-2-4-14-12(3-1)21-22-23(14)10-11-5-6-15-13(9-11)20-16-17(24-15)19-8-7-18-16/h1-9H,10H2,(H,18,20). The van der Waals surface area contributed by atoms with Gasteiger partial charge in [0.25, 0.3) is 0 Å². The predicted octanol–water partition coefficient (Wildman–Crippen LogP) is 3.48. The average molecular weight is 332 g/mol. The number of aromatic nitrogens is 5. The van der Waals surface area contributed by atoms with Gasteiger partial charge in [-0.1, -0.05) is 35.2 Å². The molecular formula is C17H12N6S. The van der Waals surface area contributed by atoms with Gasteiger partial charge in [-0.05, 0) is 29.8 Å². The molecule has 1 aliphatic heterocycles. The van der Waals surface area contributed by atoms with Crippen LogP contribution in [0.4, 0.5) is 11.5 Å². The lowest BCUT2D eigenvalue weighted by molar-refractivity contribution is 0.669. The molecule has 0 saturated carbocycles. The molecule has 3 heterocycles. The third kappa shape index (κ3) is 2.21. The zero-order valence-electron chi connectivity index (χ0n) is 12.5. The molecule has 0 unspecified atom stereocenters. The van der Waals surface area contributed by atoms with Crippen LogP contribution in [0.15, 0.2) is 64.8 Å². The van der Waals surface area contributed by atoms with E-state index in [-0.39, 0.29) is 0 Å². The molecule has 1 N–H and O–H groups in total. The predicted molar refractivity (Wildman–Crippen MR) is 92.5 cm³/mol. The molecule has 7 heteroatoms. The number of para-hydroxylation sites is 1. The second-order valence-electron chi connectivity index (χ2n) is 5.50. The van der Waals surface area contributed by atoms with Gasteiger partial charge in [-0.2, -0.15) is 0 Å². The lowest BCUT2D eigenvalue weighted by Crippen LogP contribution is -2.06. The van der Waals surface area contributed by atoms with Crippen molar-refractivity contribution in [1.82, 2.24) is 25.0 Å². The van der Waals surface area contributed by atoms with Crippen LogP contribution in [-0.2, 0) is 6.54 Å². The summed E-state index contributed by atoms with van der Waals surface area (Å²) in [5.74, 6) is 0.804. The molecule has 0 spiro atoms.